The maximum absolute atomic E-state index is 12.2. The highest BCUT2D eigenvalue weighted by molar-refractivity contribution is 7.91. The van der Waals surface area contributed by atoms with Crippen LogP contribution in [0.4, 0.5) is 4.79 Å². The van der Waals surface area contributed by atoms with E-state index in [4.69, 9.17) is 9.26 Å². The van der Waals surface area contributed by atoms with Crippen LogP contribution < -0.4 is 5.32 Å². The van der Waals surface area contributed by atoms with E-state index < -0.39 is 9.84 Å². The van der Waals surface area contributed by atoms with E-state index in [1.165, 1.54) is 12.0 Å². The zero-order chi connectivity index (χ0) is 16.2. The maximum Gasteiger partial charge on any atom is 0.318 e. The van der Waals surface area contributed by atoms with Crippen LogP contribution in [-0.4, -0.2) is 60.7 Å². The van der Waals surface area contributed by atoms with E-state index in [1.807, 2.05) is 6.92 Å². The van der Waals surface area contributed by atoms with Gasteiger partial charge in [0.05, 0.1) is 18.1 Å². The van der Waals surface area contributed by atoms with Crippen molar-refractivity contribution in [3.05, 3.63) is 11.7 Å². The van der Waals surface area contributed by atoms with Gasteiger partial charge in [0.25, 0.3) is 0 Å². The van der Waals surface area contributed by atoms with Crippen molar-refractivity contribution >= 4 is 15.9 Å². The van der Waals surface area contributed by atoms with Crippen molar-refractivity contribution in [3.63, 3.8) is 0 Å². The minimum atomic E-state index is -3.03. The summed E-state index contributed by atoms with van der Waals surface area (Å²) in [5, 5.41) is 6.35. The highest BCUT2D eigenvalue weighted by Crippen LogP contribution is 2.17. The number of rotatable bonds is 6. The highest BCUT2D eigenvalue weighted by Gasteiger charge is 2.33. The van der Waals surface area contributed by atoms with Crippen molar-refractivity contribution in [1.29, 1.82) is 0 Å². The molecule has 0 unspecified atom stereocenters. The molecular weight excluding hydrogens is 312 g/mol. The van der Waals surface area contributed by atoms with Gasteiger partial charge in [-0.2, -0.15) is 4.98 Å². The monoisotopic (exact) mass is 332 g/mol. The summed E-state index contributed by atoms with van der Waals surface area (Å²) >= 11 is 0. The number of ether oxygens (including phenoxy) is 1. The molecule has 1 aliphatic rings. The first-order valence-electron chi connectivity index (χ1n) is 7.00. The van der Waals surface area contributed by atoms with Gasteiger partial charge in [-0.3, -0.25) is 0 Å². The number of hydrogen-bond donors (Lipinski definition) is 1. The lowest BCUT2D eigenvalue weighted by Crippen LogP contribution is -2.46. The standard InChI is InChI=1S/C12H20N4O5S/c1-3-16(9-4-5-22(18,19)8-9)12(17)13-6-11-14-10(7-20-2)15-21-11/h9H,3-8H2,1-2H3,(H,13,17)/t9-/m1/s1. The minimum absolute atomic E-state index is 0.0206. The van der Waals surface area contributed by atoms with E-state index in [0.717, 1.165) is 0 Å². The van der Waals surface area contributed by atoms with Gasteiger partial charge in [-0.1, -0.05) is 5.16 Å². The molecule has 1 saturated heterocycles. The van der Waals surface area contributed by atoms with Crippen LogP contribution in [0.3, 0.4) is 0 Å². The number of sulfone groups is 1. The van der Waals surface area contributed by atoms with E-state index in [-0.39, 0.29) is 42.6 Å². The molecule has 1 fully saturated rings. The molecule has 2 rings (SSSR count). The number of hydrogen-bond acceptors (Lipinski definition) is 7. The van der Waals surface area contributed by atoms with Gasteiger partial charge in [-0.05, 0) is 13.3 Å². The topological polar surface area (TPSA) is 115 Å². The van der Waals surface area contributed by atoms with Crippen molar-refractivity contribution in [2.45, 2.75) is 32.5 Å². The first kappa shape index (κ1) is 16.7. The summed E-state index contributed by atoms with van der Waals surface area (Å²) in [6, 6.07) is -0.613. The molecule has 0 spiro atoms. The smallest absolute Gasteiger partial charge is 0.318 e. The van der Waals surface area contributed by atoms with E-state index in [9.17, 15) is 13.2 Å². The number of nitrogens with one attached hydrogen (secondary N) is 1. The molecule has 0 aromatic carbocycles. The zero-order valence-corrected chi connectivity index (χ0v) is 13.4. The van der Waals surface area contributed by atoms with Crippen LogP contribution >= 0.6 is 0 Å². The molecule has 0 bridgehead atoms. The molecular formula is C12H20N4O5S. The van der Waals surface area contributed by atoms with E-state index >= 15 is 0 Å². The Bertz CT molecular complexity index is 615. The summed E-state index contributed by atoms with van der Waals surface area (Å²) in [5.41, 5.74) is 0. The molecule has 2 amide bonds. The highest BCUT2D eigenvalue weighted by atomic mass is 32.2. The molecule has 9 nitrogen and oxygen atoms in total. The molecule has 0 aliphatic carbocycles. The molecule has 22 heavy (non-hydrogen) atoms. The maximum atomic E-state index is 12.2. The van der Waals surface area contributed by atoms with E-state index in [0.29, 0.717) is 18.8 Å². The normalized spacial score (nSPS) is 20.0. The second kappa shape index (κ2) is 7.05. The molecule has 2 heterocycles. The minimum Gasteiger partial charge on any atom is -0.377 e. The predicted molar refractivity (Wildman–Crippen MR) is 76.7 cm³/mol. The Balaban J connectivity index is 1.89. The Morgan fingerprint density at radius 1 is 1.55 bits per heavy atom. The molecule has 124 valence electrons. The van der Waals surface area contributed by atoms with Gasteiger partial charge < -0.3 is 19.5 Å². The SMILES string of the molecule is CCN(C(=O)NCc1nc(COC)no1)[C@@H]1CCS(=O)(=O)C1. The third-order valence-corrected chi connectivity index (χ3v) is 5.18. The predicted octanol–water partition coefficient (Wildman–Crippen LogP) is -0.0654. The number of carbonyl (C=O) groups is 1. The van der Waals surface area contributed by atoms with E-state index in [2.05, 4.69) is 15.5 Å². The number of carbonyl (C=O) groups excluding carboxylic acids is 1. The third kappa shape index (κ3) is 4.17. The van der Waals surface area contributed by atoms with E-state index in [1.54, 1.807) is 0 Å². The quantitative estimate of drug-likeness (QED) is 0.775. The van der Waals surface area contributed by atoms with Crippen LogP contribution in [0.15, 0.2) is 4.52 Å². The zero-order valence-electron chi connectivity index (χ0n) is 12.6. The second-order valence-corrected chi connectivity index (χ2v) is 7.27. The van der Waals surface area contributed by atoms with Crippen molar-refractivity contribution in [2.75, 3.05) is 25.2 Å². The number of methoxy groups -OCH3 is 1. The van der Waals surface area contributed by atoms with Crippen LogP contribution in [0, 0.1) is 0 Å². The van der Waals surface area contributed by atoms with Crippen molar-refractivity contribution in [2.24, 2.45) is 0 Å². The first-order chi connectivity index (χ1) is 10.4. The summed E-state index contributed by atoms with van der Waals surface area (Å²) in [5.74, 6) is 0.828. The fourth-order valence-electron chi connectivity index (χ4n) is 2.39. The summed E-state index contributed by atoms with van der Waals surface area (Å²) in [6.07, 6.45) is 0.474. The van der Waals surface area contributed by atoms with Crippen molar-refractivity contribution in [1.82, 2.24) is 20.4 Å². The molecule has 0 saturated carbocycles. The van der Waals surface area contributed by atoms with Crippen molar-refractivity contribution < 1.29 is 22.5 Å². The number of nitrogens with zero attached hydrogens (tertiary/aromatic N) is 3. The molecule has 1 N–H and O–H groups in total. The lowest BCUT2D eigenvalue weighted by atomic mass is 10.2. The van der Waals surface area contributed by atoms with Gasteiger partial charge in [0.1, 0.15) is 6.61 Å². The van der Waals surface area contributed by atoms with Crippen LogP contribution in [-0.2, 0) is 27.7 Å². The van der Waals surface area contributed by atoms with Gasteiger partial charge in [0.15, 0.2) is 15.7 Å². The van der Waals surface area contributed by atoms with Gasteiger partial charge in [-0.25, -0.2) is 13.2 Å². The second-order valence-electron chi connectivity index (χ2n) is 5.04. The van der Waals surface area contributed by atoms with Crippen LogP contribution in [0.2, 0.25) is 0 Å². The molecule has 1 aromatic heterocycles. The first-order valence-corrected chi connectivity index (χ1v) is 8.82. The molecule has 0 radical (unpaired) electrons. The molecule has 1 aromatic rings. The number of urea groups is 1. The Morgan fingerprint density at radius 3 is 2.91 bits per heavy atom. The van der Waals surface area contributed by atoms with Gasteiger partial charge in [0, 0.05) is 19.7 Å². The Labute approximate surface area is 128 Å². The summed E-state index contributed by atoms with van der Waals surface area (Å²) in [4.78, 5) is 17.8. The van der Waals surface area contributed by atoms with Crippen molar-refractivity contribution in [3.8, 4) is 0 Å². The average Bonchev–Trinajstić information content (AvgIpc) is 3.04. The number of amides is 2. The van der Waals surface area contributed by atoms with Crippen LogP contribution in [0.1, 0.15) is 25.1 Å². The Hall–Kier alpha value is -1.68. The van der Waals surface area contributed by atoms with Gasteiger partial charge in [-0.15, -0.1) is 0 Å². The average molecular weight is 332 g/mol. The van der Waals surface area contributed by atoms with Gasteiger partial charge >= 0.3 is 6.03 Å². The molecule has 1 atom stereocenters. The fraction of sp³-hybridized carbons (Fsp3) is 0.750. The lowest BCUT2D eigenvalue weighted by Gasteiger charge is -2.26. The summed E-state index contributed by atoms with van der Waals surface area (Å²) in [6.45, 7) is 2.57. The summed E-state index contributed by atoms with van der Waals surface area (Å²) in [7, 11) is -1.51. The van der Waals surface area contributed by atoms with Gasteiger partial charge in [0.2, 0.25) is 5.89 Å². The molecule has 10 heteroatoms. The summed E-state index contributed by atoms with van der Waals surface area (Å²) < 4.78 is 32.9. The fourth-order valence-corrected chi connectivity index (χ4v) is 4.12. The Morgan fingerprint density at radius 2 is 2.32 bits per heavy atom. The molecule has 1 aliphatic heterocycles. The third-order valence-electron chi connectivity index (χ3n) is 3.43. The number of aromatic nitrogens is 2. The largest absolute Gasteiger partial charge is 0.377 e. The lowest BCUT2D eigenvalue weighted by molar-refractivity contribution is 0.174. The van der Waals surface area contributed by atoms with Crippen LogP contribution in [0.5, 0.6) is 0 Å². The van der Waals surface area contributed by atoms with Crippen LogP contribution in [0.25, 0.3) is 0 Å². The Kier molecular flexibility index (Phi) is 5.35.